The maximum Gasteiger partial charge on any atom is 0.220 e. The summed E-state index contributed by atoms with van der Waals surface area (Å²) >= 11 is 0. The molecule has 20 heavy (non-hydrogen) atoms. The number of benzene rings is 1. The van der Waals surface area contributed by atoms with Crippen LogP contribution in [0, 0.1) is 5.92 Å². The Morgan fingerprint density at radius 2 is 2.20 bits per heavy atom. The molecule has 0 aromatic heterocycles. The Hall–Kier alpha value is -1.55. The summed E-state index contributed by atoms with van der Waals surface area (Å²) in [6, 6.07) is 7.86. The maximum absolute atomic E-state index is 12.0. The van der Waals surface area contributed by atoms with Crippen molar-refractivity contribution in [1.82, 2.24) is 10.6 Å². The zero-order valence-electron chi connectivity index (χ0n) is 12.3. The maximum atomic E-state index is 12.0. The number of hydrogen-bond donors (Lipinski definition) is 2. The molecule has 110 valence electrons. The number of nitrogens with one attached hydrogen (secondary N) is 2. The summed E-state index contributed by atoms with van der Waals surface area (Å²) in [6.07, 6.45) is 2.79. The molecule has 2 atom stereocenters. The number of rotatable bonds is 6. The van der Waals surface area contributed by atoms with E-state index in [1.807, 2.05) is 31.2 Å². The van der Waals surface area contributed by atoms with Crippen molar-refractivity contribution >= 4 is 5.91 Å². The molecule has 1 fully saturated rings. The molecule has 1 aliphatic heterocycles. The molecule has 1 unspecified atom stereocenters. The van der Waals surface area contributed by atoms with E-state index in [0.717, 1.165) is 30.8 Å². The van der Waals surface area contributed by atoms with Gasteiger partial charge in [-0.3, -0.25) is 4.79 Å². The number of hydrogen-bond acceptors (Lipinski definition) is 3. The van der Waals surface area contributed by atoms with E-state index in [1.165, 1.54) is 6.42 Å². The third kappa shape index (κ3) is 4.23. The largest absolute Gasteiger partial charge is 0.497 e. The number of carbonyl (C=O) groups excluding carboxylic acids is 1. The van der Waals surface area contributed by atoms with Crippen LogP contribution in [-0.4, -0.2) is 26.1 Å². The van der Waals surface area contributed by atoms with Gasteiger partial charge in [-0.15, -0.1) is 0 Å². The molecule has 0 aliphatic carbocycles. The summed E-state index contributed by atoms with van der Waals surface area (Å²) in [6.45, 7) is 4.16. The summed E-state index contributed by atoms with van der Waals surface area (Å²) in [5.74, 6) is 1.64. The predicted octanol–water partition coefficient (Wildman–Crippen LogP) is 2.26. The van der Waals surface area contributed by atoms with Crippen molar-refractivity contribution in [3.63, 3.8) is 0 Å². The predicted molar refractivity (Wildman–Crippen MR) is 79.8 cm³/mol. The lowest BCUT2D eigenvalue weighted by Crippen LogP contribution is -2.27. The summed E-state index contributed by atoms with van der Waals surface area (Å²) in [5.41, 5.74) is 1.10. The van der Waals surface area contributed by atoms with Crippen molar-refractivity contribution in [3.05, 3.63) is 29.8 Å². The zero-order chi connectivity index (χ0) is 14.4. The third-order valence-electron chi connectivity index (χ3n) is 3.94. The van der Waals surface area contributed by atoms with E-state index in [4.69, 9.17) is 4.74 Å². The lowest BCUT2D eigenvalue weighted by Gasteiger charge is -2.15. The highest BCUT2D eigenvalue weighted by Crippen LogP contribution is 2.18. The fraction of sp³-hybridized carbons (Fsp3) is 0.562. The molecule has 0 radical (unpaired) electrons. The summed E-state index contributed by atoms with van der Waals surface area (Å²) in [5, 5.41) is 6.39. The van der Waals surface area contributed by atoms with E-state index in [9.17, 15) is 4.79 Å². The van der Waals surface area contributed by atoms with Crippen LogP contribution in [0.1, 0.15) is 37.8 Å². The molecule has 2 rings (SSSR count). The lowest BCUT2D eigenvalue weighted by molar-refractivity contribution is -0.122. The van der Waals surface area contributed by atoms with E-state index >= 15 is 0 Å². The monoisotopic (exact) mass is 276 g/mol. The first kappa shape index (κ1) is 14.9. The third-order valence-corrected chi connectivity index (χ3v) is 3.94. The van der Waals surface area contributed by atoms with Gasteiger partial charge in [0.15, 0.2) is 0 Å². The molecule has 4 nitrogen and oxygen atoms in total. The molecule has 1 aliphatic rings. The molecule has 1 aromatic rings. The topological polar surface area (TPSA) is 50.4 Å². The van der Waals surface area contributed by atoms with Crippen molar-refractivity contribution in [2.24, 2.45) is 5.92 Å². The smallest absolute Gasteiger partial charge is 0.220 e. The van der Waals surface area contributed by atoms with Gasteiger partial charge in [0.05, 0.1) is 13.2 Å². The quantitative estimate of drug-likeness (QED) is 0.838. The summed E-state index contributed by atoms with van der Waals surface area (Å²) in [4.78, 5) is 12.0. The second kappa shape index (κ2) is 7.29. The van der Waals surface area contributed by atoms with Crippen molar-refractivity contribution in [1.29, 1.82) is 0 Å². The first-order chi connectivity index (χ1) is 9.69. The molecule has 1 heterocycles. The molecule has 1 amide bonds. The Labute approximate surface area is 120 Å². The van der Waals surface area contributed by atoms with Crippen LogP contribution >= 0.6 is 0 Å². The van der Waals surface area contributed by atoms with Gasteiger partial charge in [-0.05, 0) is 56.5 Å². The lowest BCUT2D eigenvalue weighted by atomic mass is 10.0. The standard InChI is InChI=1S/C16H24N2O2/c1-12(14-4-6-15(20-2)7-5-14)18-16(19)8-3-13-9-10-17-11-13/h4-7,12-13,17H,3,8-11H2,1-2H3,(H,18,19)/t12-,13?/m0/s1. The molecular weight excluding hydrogens is 252 g/mol. The number of methoxy groups -OCH3 is 1. The van der Waals surface area contributed by atoms with Crippen LogP contribution in [0.25, 0.3) is 0 Å². The van der Waals surface area contributed by atoms with Crippen LogP contribution in [0.3, 0.4) is 0 Å². The van der Waals surface area contributed by atoms with E-state index in [2.05, 4.69) is 10.6 Å². The normalized spacial score (nSPS) is 19.6. The Bertz CT molecular complexity index is 425. The van der Waals surface area contributed by atoms with Crippen LogP contribution in [0.4, 0.5) is 0 Å². The fourth-order valence-electron chi connectivity index (χ4n) is 2.59. The Balaban J connectivity index is 1.77. The van der Waals surface area contributed by atoms with Gasteiger partial charge in [-0.25, -0.2) is 0 Å². The van der Waals surface area contributed by atoms with Crippen molar-refractivity contribution in [3.8, 4) is 5.75 Å². The van der Waals surface area contributed by atoms with E-state index in [0.29, 0.717) is 12.3 Å². The molecular formula is C16H24N2O2. The van der Waals surface area contributed by atoms with Gasteiger partial charge in [-0.2, -0.15) is 0 Å². The first-order valence-electron chi connectivity index (χ1n) is 7.33. The van der Waals surface area contributed by atoms with Crippen LogP contribution in [0.15, 0.2) is 24.3 Å². The van der Waals surface area contributed by atoms with E-state index in [1.54, 1.807) is 7.11 Å². The number of amides is 1. The van der Waals surface area contributed by atoms with Gasteiger partial charge in [0, 0.05) is 6.42 Å². The van der Waals surface area contributed by atoms with Crippen molar-refractivity contribution in [2.45, 2.75) is 32.2 Å². The van der Waals surface area contributed by atoms with Crippen LogP contribution in [0.2, 0.25) is 0 Å². The minimum absolute atomic E-state index is 0.0371. The van der Waals surface area contributed by atoms with Gasteiger partial charge >= 0.3 is 0 Å². The van der Waals surface area contributed by atoms with Gasteiger partial charge in [0.2, 0.25) is 5.91 Å². The van der Waals surface area contributed by atoms with Gasteiger partial charge in [0.25, 0.3) is 0 Å². The van der Waals surface area contributed by atoms with E-state index in [-0.39, 0.29) is 11.9 Å². The highest BCUT2D eigenvalue weighted by atomic mass is 16.5. The van der Waals surface area contributed by atoms with Gasteiger partial charge < -0.3 is 15.4 Å². The minimum atomic E-state index is 0.0371. The molecule has 0 bridgehead atoms. The number of carbonyl (C=O) groups is 1. The molecule has 4 heteroatoms. The molecule has 1 saturated heterocycles. The first-order valence-corrected chi connectivity index (χ1v) is 7.33. The average Bonchev–Trinajstić information content (AvgIpc) is 2.98. The Morgan fingerprint density at radius 3 is 2.80 bits per heavy atom. The fourth-order valence-corrected chi connectivity index (χ4v) is 2.59. The van der Waals surface area contributed by atoms with E-state index < -0.39 is 0 Å². The minimum Gasteiger partial charge on any atom is -0.497 e. The second-order valence-corrected chi connectivity index (χ2v) is 5.46. The molecule has 1 aromatic carbocycles. The van der Waals surface area contributed by atoms with Crippen LogP contribution in [0.5, 0.6) is 5.75 Å². The Kier molecular flexibility index (Phi) is 5.41. The Morgan fingerprint density at radius 1 is 1.45 bits per heavy atom. The van der Waals surface area contributed by atoms with Crippen molar-refractivity contribution in [2.75, 3.05) is 20.2 Å². The molecule has 0 spiro atoms. The molecule has 2 N–H and O–H groups in total. The average molecular weight is 276 g/mol. The van der Waals surface area contributed by atoms with Crippen molar-refractivity contribution < 1.29 is 9.53 Å². The molecule has 0 saturated carbocycles. The van der Waals surface area contributed by atoms with Gasteiger partial charge in [0.1, 0.15) is 5.75 Å². The zero-order valence-corrected chi connectivity index (χ0v) is 12.3. The highest BCUT2D eigenvalue weighted by molar-refractivity contribution is 5.76. The SMILES string of the molecule is COc1ccc([C@H](C)NC(=O)CCC2CCNC2)cc1. The number of ether oxygens (including phenoxy) is 1. The van der Waals surface area contributed by atoms with Crippen LogP contribution < -0.4 is 15.4 Å². The second-order valence-electron chi connectivity index (χ2n) is 5.46. The van der Waals surface area contributed by atoms with Gasteiger partial charge in [-0.1, -0.05) is 12.1 Å². The highest BCUT2D eigenvalue weighted by Gasteiger charge is 2.16. The van der Waals surface area contributed by atoms with Crippen LogP contribution in [-0.2, 0) is 4.79 Å². The summed E-state index contributed by atoms with van der Waals surface area (Å²) < 4.78 is 5.13. The summed E-state index contributed by atoms with van der Waals surface area (Å²) in [7, 11) is 1.65.